The molecule has 5 rings (SSSR count). The van der Waals surface area contributed by atoms with Gasteiger partial charge in [0.15, 0.2) is 11.5 Å². The van der Waals surface area contributed by atoms with E-state index >= 15 is 0 Å². The van der Waals surface area contributed by atoms with Crippen LogP contribution in [-0.4, -0.2) is 42.5 Å². The second kappa shape index (κ2) is 7.91. The number of benzene rings is 2. The highest BCUT2D eigenvalue weighted by molar-refractivity contribution is 5.97. The van der Waals surface area contributed by atoms with Gasteiger partial charge in [0.05, 0.1) is 0 Å². The van der Waals surface area contributed by atoms with Gasteiger partial charge in [0.25, 0.3) is 5.91 Å². The Bertz CT molecular complexity index is 998. The summed E-state index contributed by atoms with van der Waals surface area (Å²) in [6.07, 6.45) is 4.45. The van der Waals surface area contributed by atoms with Crippen LogP contribution in [0, 0.1) is 0 Å². The maximum absolute atomic E-state index is 13.4. The molecule has 6 heteroatoms. The van der Waals surface area contributed by atoms with Gasteiger partial charge in [-0.05, 0) is 55.2 Å². The van der Waals surface area contributed by atoms with Gasteiger partial charge in [-0.15, -0.1) is 0 Å². The summed E-state index contributed by atoms with van der Waals surface area (Å²) in [6, 6.07) is 12.6. The van der Waals surface area contributed by atoms with E-state index in [1.807, 2.05) is 23.1 Å². The summed E-state index contributed by atoms with van der Waals surface area (Å²) in [7, 11) is 0. The summed E-state index contributed by atoms with van der Waals surface area (Å²) < 4.78 is 11.6. The Hall–Kier alpha value is -3.02. The summed E-state index contributed by atoms with van der Waals surface area (Å²) >= 11 is 0. The van der Waals surface area contributed by atoms with Crippen molar-refractivity contribution in [3.8, 4) is 11.5 Å². The molecule has 1 saturated carbocycles. The fourth-order valence-electron chi connectivity index (χ4n) is 5.31. The monoisotopic (exact) mass is 420 g/mol. The van der Waals surface area contributed by atoms with Gasteiger partial charge in [-0.2, -0.15) is 0 Å². The van der Waals surface area contributed by atoms with Crippen LogP contribution in [0.4, 0.5) is 0 Å². The van der Waals surface area contributed by atoms with Gasteiger partial charge < -0.3 is 19.7 Å². The van der Waals surface area contributed by atoms with Crippen LogP contribution in [0.3, 0.4) is 0 Å². The van der Waals surface area contributed by atoms with Crippen LogP contribution in [0.5, 0.6) is 11.5 Å². The fourth-order valence-corrected chi connectivity index (χ4v) is 5.31. The summed E-state index contributed by atoms with van der Waals surface area (Å²) in [6.45, 7) is 4.09. The molecule has 1 N–H and O–H groups in total. The molecule has 1 atom stereocenters. The molecule has 1 aliphatic carbocycles. The molecule has 31 heavy (non-hydrogen) atoms. The number of nitrogens with zero attached hydrogens (tertiary/aromatic N) is 1. The number of fused-ring (bicyclic) bond motifs is 3. The minimum Gasteiger partial charge on any atom is -0.486 e. The number of carbonyl (C=O) groups excluding carboxylic acids is 2. The Morgan fingerprint density at radius 1 is 1.03 bits per heavy atom. The van der Waals surface area contributed by atoms with Crippen molar-refractivity contribution in [2.75, 3.05) is 19.8 Å². The van der Waals surface area contributed by atoms with Crippen molar-refractivity contribution >= 4 is 11.8 Å². The first-order chi connectivity index (χ1) is 15.1. The highest BCUT2D eigenvalue weighted by atomic mass is 16.6. The molecule has 2 amide bonds. The van der Waals surface area contributed by atoms with E-state index in [2.05, 4.69) is 17.4 Å². The van der Waals surface area contributed by atoms with E-state index in [4.69, 9.17) is 9.47 Å². The molecule has 0 unspecified atom stereocenters. The average molecular weight is 421 g/mol. The second-order valence-electron chi connectivity index (χ2n) is 8.90. The first-order valence-electron chi connectivity index (χ1n) is 11.1. The zero-order valence-electron chi connectivity index (χ0n) is 17.9. The Morgan fingerprint density at radius 3 is 2.42 bits per heavy atom. The highest BCUT2D eigenvalue weighted by Gasteiger charge is 2.44. The predicted octanol–water partition coefficient (Wildman–Crippen LogP) is 3.43. The largest absolute Gasteiger partial charge is 0.486 e. The van der Waals surface area contributed by atoms with E-state index in [-0.39, 0.29) is 17.2 Å². The first kappa shape index (κ1) is 19.9. The van der Waals surface area contributed by atoms with Crippen molar-refractivity contribution in [2.45, 2.75) is 50.6 Å². The maximum atomic E-state index is 13.4. The molecule has 1 fully saturated rings. The zero-order valence-corrected chi connectivity index (χ0v) is 17.9. The van der Waals surface area contributed by atoms with E-state index < -0.39 is 6.04 Å². The molecule has 0 radical (unpaired) electrons. The summed E-state index contributed by atoms with van der Waals surface area (Å²) in [5.74, 6) is 1.31. The van der Waals surface area contributed by atoms with Crippen LogP contribution in [0.25, 0.3) is 0 Å². The molecular formula is C25H28N2O4. The van der Waals surface area contributed by atoms with Crippen LogP contribution in [0.15, 0.2) is 42.5 Å². The van der Waals surface area contributed by atoms with E-state index in [0.29, 0.717) is 31.9 Å². The summed E-state index contributed by atoms with van der Waals surface area (Å²) in [4.78, 5) is 27.8. The summed E-state index contributed by atoms with van der Waals surface area (Å²) in [5.41, 5.74) is 2.95. The fraction of sp³-hybridized carbons (Fsp3) is 0.440. The number of carbonyl (C=O) groups is 2. The quantitative estimate of drug-likeness (QED) is 0.826. The summed E-state index contributed by atoms with van der Waals surface area (Å²) in [5, 5.41) is 2.87. The molecule has 2 aromatic carbocycles. The van der Waals surface area contributed by atoms with Crippen molar-refractivity contribution in [1.29, 1.82) is 0 Å². The van der Waals surface area contributed by atoms with E-state index in [9.17, 15) is 9.59 Å². The first-order valence-corrected chi connectivity index (χ1v) is 11.1. The number of hydrogen-bond donors (Lipinski definition) is 1. The molecule has 2 heterocycles. The number of nitrogens with one attached hydrogen (secondary N) is 1. The van der Waals surface area contributed by atoms with Crippen LogP contribution in [0.1, 0.15) is 54.1 Å². The van der Waals surface area contributed by atoms with Crippen molar-refractivity contribution in [3.63, 3.8) is 0 Å². The van der Waals surface area contributed by atoms with Gasteiger partial charge in [0.1, 0.15) is 19.3 Å². The van der Waals surface area contributed by atoms with Crippen LogP contribution in [-0.2, 0) is 16.8 Å². The van der Waals surface area contributed by atoms with E-state index in [1.165, 1.54) is 5.56 Å². The predicted molar refractivity (Wildman–Crippen MR) is 116 cm³/mol. The SMILES string of the molecule is C[C@H](NC(=O)c1ccccc1)C(=O)N1Cc2cc3c(cc2C2(CCCC2)C1)OCCO3. The normalized spacial score (nSPS) is 19.6. The number of hydrogen-bond acceptors (Lipinski definition) is 4. The van der Waals surface area contributed by atoms with Gasteiger partial charge in [-0.25, -0.2) is 0 Å². The molecule has 2 aromatic rings. The topological polar surface area (TPSA) is 67.9 Å². The number of ether oxygens (including phenoxy) is 2. The average Bonchev–Trinajstić information content (AvgIpc) is 3.26. The Labute approximate surface area is 182 Å². The minimum absolute atomic E-state index is 0.0394. The van der Waals surface area contributed by atoms with Crippen molar-refractivity contribution < 1.29 is 19.1 Å². The lowest BCUT2D eigenvalue weighted by molar-refractivity contribution is -0.135. The Balaban J connectivity index is 1.39. The van der Waals surface area contributed by atoms with Gasteiger partial charge in [-0.3, -0.25) is 9.59 Å². The molecule has 162 valence electrons. The third-order valence-corrected chi connectivity index (χ3v) is 6.82. The molecule has 3 aliphatic rings. The van der Waals surface area contributed by atoms with Gasteiger partial charge in [0.2, 0.25) is 5.91 Å². The number of rotatable bonds is 3. The number of amides is 2. The van der Waals surface area contributed by atoms with Gasteiger partial charge in [0, 0.05) is 24.1 Å². The molecule has 1 spiro atoms. The smallest absolute Gasteiger partial charge is 0.251 e. The van der Waals surface area contributed by atoms with E-state index in [1.54, 1.807) is 19.1 Å². The van der Waals surface area contributed by atoms with Crippen LogP contribution in [0.2, 0.25) is 0 Å². The van der Waals surface area contributed by atoms with Crippen molar-refractivity contribution in [3.05, 3.63) is 59.2 Å². The molecular weight excluding hydrogens is 392 g/mol. The van der Waals surface area contributed by atoms with Gasteiger partial charge in [-0.1, -0.05) is 31.0 Å². The standard InChI is InChI=1S/C25H28N2O4/c1-17(26-23(28)18-7-3-2-4-8-18)24(29)27-15-19-13-21-22(31-12-11-30-21)14-20(19)25(16-27)9-5-6-10-25/h2-4,7-8,13-14,17H,5-6,9-12,15-16H2,1H3,(H,26,28)/t17-/m0/s1. The van der Waals surface area contributed by atoms with Crippen LogP contribution >= 0.6 is 0 Å². The lowest BCUT2D eigenvalue weighted by Gasteiger charge is -2.43. The molecule has 6 nitrogen and oxygen atoms in total. The third-order valence-electron chi connectivity index (χ3n) is 6.82. The lowest BCUT2D eigenvalue weighted by atomic mass is 9.73. The maximum Gasteiger partial charge on any atom is 0.251 e. The molecule has 0 aromatic heterocycles. The van der Waals surface area contributed by atoms with Crippen molar-refractivity contribution in [2.24, 2.45) is 0 Å². The van der Waals surface area contributed by atoms with Gasteiger partial charge >= 0.3 is 0 Å². The second-order valence-corrected chi connectivity index (χ2v) is 8.90. The van der Waals surface area contributed by atoms with Crippen molar-refractivity contribution in [1.82, 2.24) is 10.2 Å². The third kappa shape index (κ3) is 3.64. The van der Waals surface area contributed by atoms with Crippen LogP contribution < -0.4 is 14.8 Å². The lowest BCUT2D eigenvalue weighted by Crippen LogP contribution is -2.53. The Morgan fingerprint density at radius 2 is 1.71 bits per heavy atom. The molecule has 0 saturated heterocycles. The Kier molecular flexibility index (Phi) is 5.08. The minimum atomic E-state index is -0.593. The zero-order chi connectivity index (χ0) is 21.4. The van der Waals surface area contributed by atoms with E-state index in [0.717, 1.165) is 42.7 Å². The molecule has 0 bridgehead atoms. The molecule has 2 aliphatic heterocycles. The highest BCUT2D eigenvalue weighted by Crippen LogP contribution is 2.49.